The van der Waals surface area contributed by atoms with Gasteiger partial charge in [-0.05, 0) is 34.9 Å². The highest BCUT2D eigenvalue weighted by Crippen LogP contribution is 2.22. The summed E-state index contributed by atoms with van der Waals surface area (Å²) in [7, 11) is 0. The lowest BCUT2D eigenvalue weighted by Gasteiger charge is -2.03. The minimum Gasteiger partial charge on any atom is -0.507 e. The van der Waals surface area contributed by atoms with Crippen LogP contribution in [0.2, 0.25) is 0 Å². The standard InChI is InChI=1S/C21H17NO2/c22-18-11-12-19(21(24)14-18)20(23)13-8-15-6-9-17(10-7-15)16-4-2-1-3-5-16/h1-14,24H,22H2. The third kappa shape index (κ3) is 3.52. The number of benzene rings is 3. The van der Waals surface area contributed by atoms with Gasteiger partial charge in [0.05, 0.1) is 5.56 Å². The Hall–Kier alpha value is -3.33. The number of nitrogen functional groups attached to an aromatic ring is 1. The van der Waals surface area contributed by atoms with Gasteiger partial charge in [0.2, 0.25) is 0 Å². The highest BCUT2D eigenvalue weighted by molar-refractivity contribution is 6.08. The van der Waals surface area contributed by atoms with Gasteiger partial charge in [-0.15, -0.1) is 0 Å². The van der Waals surface area contributed by atoms with Crippen molar-refractivity contribution in [2.45, 2.75) is 0 Å². The minimum atomic E-state index is -0.264. The van der Waals surface area contributed by atoms with Crippen molar-refractivity contribution in [3.05, 3.63) is 90.0 Å². The maximum absolute atomic E-state index is 12.2. The first-order chi connectivity index (χ1) is 11.6. The molecule has 3 rings (SSSR count). The molecule has 3 N–H and O–H groups in total. The Balaban J connectivity index is 1.76. The van der Waals surface area contributed by atoms with Crippen LogP contribution in [-0.4, -0.2) is 10.9 Å². The number of carbonyl (C=O) groups is 1. The van der Waals surface area contributed by atoms with Gasteiger partial charge in [0.1, 0.15) is 5.75 Å². The summed E-state index contributed by atoms with van der Waals surface area (Å²) in [5, 5.41) is 9.79. The van der Waals surface area contributed by atoms with E-state index in [0.717, 1.165) is 16.7 Å². The Bertz CT molecular complexity index is 881. The van der Waals surface area contributed by atoms with Crippen LogP contribution < -0.4 is 5.73 Å². The fourth-order valence-electron chi connectivity index (χ4n) is 2.44. The van der Waals surface area contributed by atoms with E-state index in [9.17, 15) is 9.90 Å². The lowest BCUT2D eigenvalue weighted by molar-refractivity contribution is 0.104. The van der Waals surface area contributed by atoms with E-state index in [1.165, 1.54) is 18.2 Å². The first-order valence-corrected chi connectivity index (χ1v) is 7.60. The van der Waals surface area contributed by atoms with Crippen LogP contribution in [0.15, 0.2) is 78.9 Å². The SMILES string of the molecule is Nc1ccc(C(=O)C=Cc2ccc(-c3ccccc3)cc2)c(O)c1. The molecule has 0 aromatic heterocycles. The average molecular weight is 315 g/mol. The summed E-state index contributed by atoms with van der Waals surface area (Å²) in [4.78, 5) is 12.2. The Kier molecular flexibility index (Phi) is 4.43. The third-order valence-corrected chi connectivity index (χ3v) is 3.73. The molecule has 3 nitrogen and oxygen atoms in total. The molecule has 0 aliphatic rings. The van der Waals surface area contributed by atoms with Gasteiger partial charge < -0.3 is 10.8 Å². The van der Waals surface area contributed by atoms with E-state index in [0.29, 0.717) is 5.69 Å². The van der Waals surface area contributed by atoms with Gasteiger partial charge in [-0.2, -0.15) is 0 Å². The van der Waals surface area contributed by atoms with Gasteiger partial charge in [0.25, 0.3) is 0 Å². The first-order valence-electron chi connectivity index (χ1n) is 7.60. The maximum atomic E-state index is 12.2. The van der Waals surface area contributed by atoms with Gasteiger partial charge in [0, 0.05) is 11.8 Å². The molecule has 0 fully saturated rings. The van der Waals surface area contributed by atoms with E-state index in [4.69, 9.17) is 5.73 Å². The predicted molar refractivity (Wildman–Crippen MR) is 97.8 cm³/mol. The molecule has 0 bridgehead atoms. The number of hydrogen-bond acceptors (Lipinski definition) is 3. The molecular formula is C21H17NO2. The van der Waals surface area contributed by atoms with E-state index in [1.54, 1.807) is 12.1 Å². The summed E-state index contributed by atoms with van der Waals surface area (Å²) in [6.07, 6.45) is 3.18. The smallest absolute Gasteiger partial charge is 0.189 e. The number of ketones is 1. The molecule has 24 heavy (non-hydrogen) atoms. The predicted octanol–water partition coefficient (Wildman–Crippen LogP) is 4.54. The number of nitrogens with two attached hydrogens (primary N) is 1. The fraction of sp³-hybridized carbons (Fsp3) is 0. The maximum Gasteiger partial charge on any atom is 0.189 e. The van der Waals surface area contributed by atoms with Gasteiger partial charge in [-0.1, -0.05) is 60.7 Å². The van der Waals surface area contributed by atoms with Crippen LogP contribution in [0.5, 0.6) is 5.75 Å². The zero-order valence-electron chi connectivity index (χ0n) is 13.0. The van der Waals surface area contributed by atoms with Crippen LogP contribution in [0.4, 0.5) is 5.69 Å². The molecule has 0 saturated carbocycles. The fourth-order valence-corrected chi connectivity index (χ4v) is 2.44. The van der Waals surface area contributed by atoms with Crippen molar-refractivity contribution in [2.75, 3.05) is 5.73 Å². The van der Waals surface area contributed by atoms with Crippen LogP contribution in [0.1, 0.15) is 15.9 Å². The van der Waals surface area contributed by atoms with Gasteiger partial charge >= 0.3 is 0 Å². The van der Waals surface area contributed by atoms with E-state index >= 15 is 0 Å². The van der Waals surface area contributed by atoms with Crippen LogP contribution in [0.25, 0.3) is 17.2 Å². The summed E-state index contributed by atoms with van der Waals surface area (Å²) < 4.78 is 0. The van der Waals surface area contributed by atoms with Crippen molar-refractivity contribution in [1.82, 2.24) is 0 Å². The van der Waals surface area contributed by atoms with Crippen molar-refractivity contribution in [3.63, 3.8) is 0 Å². The molecule has 0 radical (unpaired) electrons. The normalized spacial score (nSPS) is 10.8. The number of anilines is 1. The van der Waals surface area contributed by atoms with Crippen molar-refractivity contribution in [2.24, 2.45) is 0 Å². The van der Waals surface area contributed by atoms with Crippen molar-refractivity contribution in [3.8, 4) is 16.9 Å². The number of rotatable bonds is 4. The lowest BCUT2D eigenvalue weighted by atomic mass is 10.0. The Morgan fingerprint density at radius 3 is 2.21 bits per heavy atom. The van der Waals surface area contributed by atoms with Crippen LogP contribution >= 0.6 is 0 Å². The van der Waals surface area contributed by atoms with Crippen molar-refractivity contribution in [1.29, 1.82) is 0 Å². The zero-order valence-corrected chi connectivity index (χ0v) is 13.0. The second-order valence-corrected chi connectivity index (χ2v) is 5.46. The molecule has 0 aliphatic heterocycles. The number of phenols is 1. The summed E-state index contributed by atoms with van der Waals surface area (Å²) in [5.74, 6) is -0.372. The molecule has 3 aromatic carbocycles. The molecule has 0 saturated heterocycles. The van der Waals surface area contributed by atoms with Crippen molar-refractivity contribution < 1.29 is 9.90 Å². The van der Waals surface area contributed by atoms with Crippen molar-refractivity contribution >= 4 is 17.5 Å². The summed E-state index contributed by atoms with van der Waals surface area (Å²) in [5.41, 5.74) is 9.41. The van der Waals surface area contributed by atoms with Gasteiger partial charge in [-0.3, -0.25) is 4.79 Å². The van der Waals surface area contributed by atoms with Crippen LogP contribution in [0, 0.1) is 0 Å². The minimum absolute atomic E-state index is 0.107. The Morgan fingerprint density at radius 2 is 1.54 bits per heavy atom. The van der Waals surface area contributed by atoms with E-state index in [-0.39, 0.29) is 17.1 Å². The second-order valence-electron chi connectivity index (χ2n) is 5.46. The number of allylic oxidation sites excluding steroid dienone is 1. The summed E-state index contributed by atoms with van der Waals surface area (Å²) >= 11 is 0. The van der Waals surface area contributed by atoms with Gasteiger partial charge in [-0.25, -0.2) is 0 Å². The number of phenolic OH excluding ortho intramolecular Hbond substituents is 1. The molecule has 0 unspecified atom stereocenters. The first kappa shape index (κ1) is 15.6. The van der Waals surface area contributed by atoms with E-state index < -0.39 is 0 Å². The lowest BCUT2D eigenvalue weighted by Crippen LogP contribution is -1.96. The summed E-state index contributed by atoms with van der Waals surface area (Å²) in [6.45, 7) is 0. The molecule has 118 valence electrons. The zero-order chi connectivity index (χ0) is 16.9. The molecule has 0 heterocycles. The molecule has 3 heteroatoms. The highest BCUT2D eigenvalue weighted by atomic mass is 16.3. The largest absolute Gasteiger partial charge is 0.507 e. The molecule has 0 aliphatic carbocycles. The molecule has 0 atom stereocenters. The monoisotopic (exact) mass is 315 g/mol. The molecular weight excluding hydrogens is 298 g/mol. The number of hydrogen-bond donors (Lipinski definition) is 2. The van der Waals surface area contributed by atoms with E-state index in [1.807, 2.05) is 42.5 Å². The summed E-state index contributed by atoms with van der Waals surface area (Å²) in [6, 6.07) is 22.5. The quantitative estimate of drug-likeness (QED) is 0.422. The molecule has 0 amide bonds. The third-order valence-electron chi connectivity index (χ3n) is 3.73. The number of aromatic hydroxyl groups is 1. The highest BCUT2D eigenvalue weighted by Gasteiger charge is 2.08. The molecule has 0 spiro atoms. The topological polar surface area (TPSA) is 63.3 Å². The Labute approximate surface area is 140 Å². The van der Waals surface area contributed by atoms with E-state index in [2.05, 4.69) is 12.1 Å². The Morgan fingerprint density at radius 1 is 0.875 bits per heavy atom. The average Bonchev–Trinajstić information content (AvgIpc) is 2.61. The van der Waals surface area contributed by atoms with Gasteiger partial charge in [0.15, 0.2) is 5.78 Å². The molecule has 3 aromatic rings. The number of carbonyl (C=O) groups excluding carboxylic acids is 1. The van der Waals surface area contributed by atoms with Crippen LogP contribution in [-0.2, 0) is 0 Å². The van der Waals surface area contributed by atoms with Crippen LogP contribution in [0.3, 0.4) is 0 Å². The second kappa shape index (κ2) is 6.84.